The van der Waals surface area contributed by atoms with Gasteiger partial charge >= 0.3 is 0 Å². The van der Waals surface area contributed by atoms with Crippen LogP contribution in [-0.2, 0) is 13.1 Å². The molecule has 0 bridgehead atoms. The SMILES string of the molecule is CC(C)CNCc1csc(CN2CCCC(C)C2)n1. The Kier molecular flexibility index (Phi) is 5.79. The summed E-state index contributed by atoms with van der Waals surface area (Å²) < 4.78 is 0. The van der Waals surface area contributed by atoms with Crippen molar-refractivity contribution in [1.29, 1.82) is 0 Å². The number of rotatable bonds is 6. The van der Waals surface area contributed by atoms with E-state index in [0.717, 1.165) is 25.6 Å². The van der Waals surface area contributed by atoms with E-state index in [1.54, 1.807) is 0 Å². The van der Waals surface area contributed by atoms with Crippen LogP contribution in [0.3, 0.4) is 0 Å². The predicted molar refractivity (Wildman–Crippen MR) is 82.3 cm³/mol. The maximum absolute atomic E-state index is 4.74. The van der Waals surface area contributed by atoms with Crippen molar-refractivity contribution in [2.75, 3.05) is 19.6 Å². The molecule has 1 N–H and O–H groups in total. The molecule has 4 heteroatoms. The lowest BCUT2D eigenvalue weighted by Gasteiger charge is -2.29. The van der Waals surface area contributed by atoms with Gasteiger partial charge in [-0.2, -0.15) is 0 Å². The van der Waals surface area contributed by atoms with Crippen LogP contribution in [0.25, 0.3) is 0 Å². The van der Waals surface area contributed by atoms with Crippen LogP contribution in [0.2, 0.25) is 0 Å². The van der Waals surface area contributed by atoms with Gasteiger partial charge in [-0.15, -0.1) is 11.3 Å². The number of likely N-dealkylation sites (tertiary alicyclic amines) is 1. The highest BCUT2D eigenvalue weighted by Crippen LogP contribution is 2.19. The van der Waals surface area contributed by atoms with Crippen molar-refractivity contribution >= 4 is 11.3 Å². The van der Waals surface area contributed by atoms with E-state index >= 15 is 0 Å². The first-order chi connectivity index (χ1) is 9.13. The quantitative estimate of drug-likeness (QED) is 0.868. The van der Waals surface area contributed by atoms with E-state index in [0.29, 0.717) is 5.92 Å². The fourth-order valence-corrected chi connectivity index (χ4v) is 3.45. The molecule has 1 saturated heterocycles. The zero-order chi connectivity index (χ0) is 13.7. The molecule has 0 saturated carbocycles. The van der Waals surface area contributed by atoms with E-state index in [9.17, 15) is 0 Å². The number of aromatic nitrogens is 1. The van der Waals surface area contributed by atoms with E-state index < -0.39 is 0 Å². The van der Waals surface area contributed by atoms with Gasteiger partial charge in [-0.3, -0.25) is 4.90 Å². The number of piperidine rings is 1. The smallest absolute Gasteiger partial charge is 0.107 e. The van der Waals surface area contributed by atoms with Crippen molar-refractivity contribution in [3.8, 4) is 0 Å². The fraction of sp³-hybridized carbons (Fsp3) is 0.800. The number of nitrogens with zero attached hydrogens (tertiary/aromatic N) is 2. The van der Waals surface area contributed by atoms with Gasteiger partial charge in [0.1, 0.15) is 5.01 Å². The molecule has 0 spiro atoms. The van der Waals surface area contributed by atoms with Crippen molar-refractivity contribution in [2.45, 2.75) is 46.7 Å². The third kappa shape index (κ3) is 5.21. The molecule has 2 heterocycles. The van der Waals surface area contributed by atoms with Gasteiger partial charge in [0.25, 0.3) is 0 Å². The molecule has 1 atom stereocenters. The first-order valence-electron chi connectivity index (χ1n) is 7.50. The van der Waals surface area contributed by atoms with Crippen LogP contribution in [-0.4, -0.2) is 29.5 Å². The Labute approximate surface area is 121 Å². The second kappa shape index (κ2) is 7.36. The zero-order valence-electron chi connectivity index (χ0n) is 12.5. The summed E-state index contributed by atoms with van der Waals surface area (Å²) in [5, 5.41) is 6.93. The largest absolute Gasteiger partial charge is 0.311 e. The van der Waals surface area contributed by atoms with E-state index in [1.165, 1.54) is 36.6 Å². The van der Waals surface area contributed by atoms with E-state index in [4.69, 9.17) is 4.98 Å². The number of hydrogen-bond donors (Lipinski definition) is 1. The Morgan fingerprint density at radius 2 is 2.37 bits per heavy atom. The van der Waals surface area contributed by atoms with Gasteiger partial charge < -0.3 is 5.32 Å². The third-order valence-corrected chi connectivity index (χ3v) is 4.44. The summed E-state index contributed by atoms with van der Waals surface area (Å²) in [6, 6.07) is 0. The van der Waals surface area contributed by atoms with Gasteiger partial charge in [-0.25, -0.2) is 4.98 Å². The van der Waals surface area contributed by atoms with Crippen molar-refractivity contribution < 1.29 is 0 Å². The van der Waals surface area contributed by atoms with Gasteiger partial charge in [0.15, 0.2) is 0 Å². The Morgan fingerprint density at radius 3 is 3.11 bits per heavy atom. The third-order valence-electron chi connectivity index (χ3n) is 3.56. The molecule has 19 heavy (non-hydrogen) atoms. The second-order valence-corrected chi connectivity index (χ2v) is 7.18. The van der Waals surface area contributed by atoms with Crippen LogP contribution in [0.4, 0.5) is 0 Å². The first kappa shape index (κ1) is 14.9. The number of hydrogen-bond acceptors (Lipinski definition) is 4. The molecule has 1 aromatic rings. The Morgan fingerprint density at radius 1 is 1.53 bits per heavy atom. The van der Waals surface area contributed by atoms with E-state index in [-0.39, 0.29) is 0 Å². The zero-order valence-corrected chi connectivity index (χ0v) is 13.3. The second-order valence-electron chi connectivity index (χ2n) is 6.24. The van der Waals surface area contributed by atoms with Crippen LogP contribution in [0.15, 0.2) is 5.38 Å². The highest BCUT2D eigenvalue weighted by atomic mass is 32.1. The normalized spacial score (nSPS) is 21.2. The molecule has 1 aliphatic heterocycles. The minimum absolute atomic E-state index is 0.702. The molecule has 1 fully saturated rings. The highest BCUT2D eigenvalue weighted by molar-refractivity contribution is 7.09. The molecule has 0 radical (unpaired) electrons. The summed E-state index contributed by atoms with van der Waals surface area (Å²) in [5.74, 6) is 1.55. The molecule has 108 valence electrons. The lowest BCUT2D eigenvalue weighted by Crippen LogP contribution is -2.33. The van der Waals surface area contributed by atoms with Crippen LogP contribution in [0.5, 0.6) is 0 Å². The molecule has 0 amide bonds. The predicted octanol–water partition coefficient (Wildman–Crippen LogP) is 3.12. The van der Waals surface area contributed by atoms with Crippen molar-refractivity contribution in [2.24, 2.45) is 11.8 Å². The molecular formula is C15H27N3S. The van der Waals surface area contributed by atoms with Crippen LogP contribution in [0, 0.1) is 11.8 Å². The molecule has 0 aromatic carbocycles. The van der Waals surface area contributed by atoms with Crippen LogP contribution < -0.4 is 5.32 Å². The van der Waals surface area contributed by atoms with Crippen molar-refractivity contribution in [3.05, 3.63) is 16.1 Å². The van der Waals surface area contributed by atoms with Gasteiger partial charge in [-0.05, 0) is 37.8 Å². The summed E-state index contributed by atoms with van der Waals surface area (Å²) >= 11 is 1.81. The average molecular weight is 281 g/mol. The fourth-order valence-electron chi connectivity index (χ4n) is 2.61. The summed E-state index contributed by atoms with van der Waals surface area (Å²) in [6.07, 6.45) is 2.73. The molecule has 3 nitrogen and oxygen atoms in total. The highest BCUT2D eigenvalue weighted by Gasteiger charge is 2.17. The maximum atomic E-state index is 4.74. The summed E-state index contributed by atoms with van der Waals surface area (Å²) in [6.45, 7) is 12.3. The topological polar surface area (TPSA) is 28.2 Å². The Hall–Kier alpha value is -0.450. The summed E-state index contributed by atoms with van der Waals surface area (Å²) in [7, 11) is 0. The van der Waals surface area contributed by atoms with E-state index in [2.05, 4.69) is 36.4 Å². The summed E-state index contributed by atoms with van der Waals surface area (Å²) in [4.78, 5) is 7.29. The number of thiazole rings is 1. The monoisotopic (exact) mass is 281 g/mol. The van der Waals surface area contributed by atoms with Crippen molar-refractivity contribution in [1.82, 2.24) is 15.2 Å². The molecule has 1 aromatic heterocycles. The van der Waals surface area contributed by atoms with Crippen LogP contribution >= 0.6 is 11.3 Å². The Balaban J connectivity index is 1.77. The van der Waals surface area contributed by atoms with Gasteiger partial charge in [0, 0.05) is 18.5 Å². The maximum Gasteiger partial charge on any atom is 0.107 e. The lowest BCUT2D eigenvalue weighted by atomic mass is 10.0. The van der Waals surface area contributed by atoms with Gasteiger partial charge in [0.2, 0.25) is 0 Å². The van der Waals surface area contributed by atoms with Gasteiger partial charge in [0.05, 0.1) is 12.2 Å². The molecule has 1 aliphatic rings. The lowest BCUT2D eigenvalue weighted by molar-refractivity contribution is 0.176. The molecule has 1 unspecified atom stereocenters. The minimum Gasteiger partial charge on any atom is -0.311 e. The molecular weight excluding hydrogens is 254 g/mol. The Bertz CT molecular complexity index is 375. The van der Waals surface area contributed by atoms with E-state index in [1.807, 2.05) is 11.3 Å². The van der Waals surface area contributed by atoms with Gasteiger partial charge in [-0.1, -0.05) is 20.8 Å². The standard InChI is InChI=1S/C15H27N3S/c1-12(2)7-16-8-14-11-19-15(17-14)10-18-6-4-5-13(3)9-18/h11-13,16H,4-10H2,1-3H3. The molecule has 2 rings (SSSR count). The minimum atomic E-state index is 0.702. The van der Waals surface area contributed by atoms with Crippen molar-refractivity contribution in [3.63, 3.8) is 0 Å². The molecule has 0 aliphatic carbocycles. The number of nitrogens with one attached hydrogen (secondary N) is 1. The average Bonchev–Trinajstić information content (AvgIpc) is 2.76. The summed E-state index contributed by atoms with van der Waals surface area (Å²) in [5.41, 5.74) is 1.20. The first-order valence-corrected chi connectivity index (χ1v) is 8.38. The van der Waals surface area contributed by atoms with Crippen LogP contribution in [0.1, 0.15) is 44.3 Å².